The first-order valence-corrected chi connectivity index (χ1v) is 12.9. The number of hydrogen-bond acceptors (Lipinski definition) is 5. The lowest BCUT2D eigenvalue weighted by molar-refractivity contribution is -0.124. The molecule has 1 fully saturated rings. The predicted octanol–water partition coefficient (Wildman–Crippen LogP) is 4.15. The fraction of sp³-hybridized carbons (Fsp3) is 0.414. The number of nitrogens with one attached hydrogen (secondary N) is 2. The predicted molar refractivity (Wildman–Crippen MR) is 146 cm³/mol. The summed E-state index contributed by atoms with van der Waals surface area (Å²) >= 11 is 0. The Balaban J connectivity index is 1.26. The van der Waals surface area contributed by atoms with E-state index in [0.29, 0.717) is 0 Å². The normalized spacial score (nSPS) is 15.0. The van der Waals surface area contributed by atoms with Gasteiger partial charge in [0.2, 0.25) is 11.8 Å². The van der Waals surface area contributed by atoms with Crippen LogP contribution in [0.25, 0.3) is 10.9 Å². The van der Waals surface area contributed by atoms with E-state index in [0.717, 1.165) is 67.0 Å². The number of amides is 2. The van der Waals surface area contributed by atoms with Gasteiger partial charge in [-0.15, -0.1) is 0 Å². The van der Waals surface area contributed by atoms with Crippen molar-refractivity contribution in [2.24, 2.45) is 0 Å². The van der Waals surface area contributed by atoms with Crippen LogP contribution in [0.3, 0.4) is 0 Å². The number of hydrogen-bond donors (Lipinski definition) is 2. The van der Waals surface area contributed by atoms with Gasteiger partial charge in [-0.05, 0) is 69.1 Å². The second kappa shape index (κ2) is 12.0. The van der Waals surface area contributed by atoms with Crippen LogP contribution in [0.2, 0.25) is 0 Å². The topological polar surface area (TPSA) is 77.6 Å². The molecule has 0 aliphatic carbocycles. The van der Waals surface area contributed by atoms with Crippen LogP contribution in [-0.4, -0.2) is 61.0 Å². The monoisotopic (exact) mass is 487 g/mol. The number of aromatic nitrogens is 1. The first-order chi connectivity index (χ1) is 17.4. The highest BCUT2D eigenvalue weighted by atomic mass is 16.2. The number of nitrogens with zero attached hydrogens (tertiary/aromatic N) is 3. The van der Waals surface area contributed by atoms with Crippen molar-refractivity contribution in [1.82, 2.24) is 15.2 Å². The fourth-order valence-corrected chi connectivity index (χ4v) is 4.55. The van der Waals surface area contributed by atoms with Gasteiger partial charge < -0.3 is 20.4 Å². The van der Waals surface area contributed by atoms with Crippen LogP contribution in [0.4, 0.5) is 11.5 Å². The number of anilines is 2. The van der Waals surface area contributed by atoms with Gasteiger partial charge in [0.15, 0.2) is 0 Å². The lowest BCUT2D eigenvalue weighted by Crippen LogP contribution is -2.44. The number of piperazine rings is 1. The third-order valence-electron chi connectivity index (χ3n) is 6.81. The van der Waals surface area contributed by atoms with E-state index in [2.05, 4.69) is 52.6 Å². The van der Waals surface area contributed by atoms with Crippen LogP contribution in [0.1, 0.15) is 37.3 Å². The Bertz CT molecular complexity index is 1190. The van der Waals surface area contributed by atoms with Gasteiger partial charge in [-0.2, -0.15) is 0 Å². The van der Waals surface area contributed by atoms with Crippen LogP contribution in [0.5, 0.6) is 0 Å². The summed E-state index contributed by atoms with van der Waals surface area (Å²) in [4.78, 5) is 34.3. The second-order valence-electron chi connectivity index (χ2n) is 9.86. The van der Waals surface area contributed by atoms with Crippen LogP contribution in [0.15, 0.2) is 54.6 Å². The first kappa shape index (κ1) is 25.6. The standard InChI is InChI=1S/C29H37N5O2/c1-21-19-27(34-17-15-33(3)16-18-34)32-26-12-11-24(20-25(21)26)31-29(36)14-13-28(35)30-22(2)9-10-23-7-5-4-6-8-23/h4-8,11-12,19-20,22H,9-10,13-18H2,1-3H3,(H,30,35)(H,31,36)/t22-/m1/s1. The summed E-state index contributed by atoms with van der Waals surface area (Å²) in [5, 5.41) is 6.96. The van der Waals surface area contributed by atoms with Crippen LogP contribution in [0, 0.1) is 6.92 Å². The number of aryl methyl sites for hydroxylation is 2. The van der Waals surface area contributed by atoms with Gasteiger partial charge in [0.1, 0.15) is 5.82 Å². The van der Waals surface area contributed by atoms with Crippen LogP contribution >= 0.6 is 0 Å². The Morgan fingerprint density at radius 1 is 0.972 bits per heavy atom. The van der Waals surface area contributed by atoms with Gasteiger partial charge in [0, 0.05) is 56.1 Å². The highest BCUT2D eigenvalue weighted by molar-refractivity contribution is 5.96. The van der Waals surface area contributed by atoms with Crippen LogP contribution in [-0.2, 0) is 16.0 Å². The zero-order valence-corrected chi connectivity index (χ0v) is 21.6. The molecule has 1 aliphatic rings. The van der Waals surface area contributed by atoms with E-state index in [1.54, 1.807) is 0 Å². The molecule has 0 radical (unpaired) electrons. The molecule has 0 saturated carbocycles. The van der Waals surface area contributed by atoms with E-state index in [9.17, 15) is 9.59 Å². The number of benzene rings is 2. The lowest BCUT2D eigenvalue weighted by atomic mass is 10.1. The summed E-state index contributed by atoms with van der Waals surface area (Å²) in [5.74, 6) is 0.746. The third kappa shape index (κ3) is 7.04. The number of pyridine rings is 1. The lowest BCUT2D eigenvalue weighted by Gasteiger charge is -2.33. The molecule has 0 spiro atoms. The molecule has 7 heteroatoms. The molecule has 190 valence electrons. The smallest absolute Gasteiger partial charge is 0.224 e. The zero-order chi connectivity index (χ0) is 25.5. The molecule has 0 bridgehead atoms. The van der Waals surface area contributed by atoms with Crippen molar-refractivity contribution < 1.29 is 9.59 Å². The van der Waals surface area contributed by atoms with Gasteiger partial charge >= 0.3 is 0 Å². The summed E-state index contributed by atoms with van der Waals surface area (Å²) in [7, 11) is 2.15. The van der Waals surface area contributed by atoms with E-state index in [1.807, 2.05) is 43.3 Å². The number of rotatable bonds is 9. The van der Waals surface area contributed by atoms with Gasteiger partial charge in [0.05, 0.1) is 5.52 Å². The molecule has 1 aliphatic heterocycles. The van der Waals surface area contributed by atoms with Crippen LogP contribution < -0.4 is 15.5 Å². The summed E-state index contributed by atoms with van der Waals surface area (Å²) in [6, 6.07) is 18.2. The minimum absolute atomic E-state index is 0.0625. The van der Waals surface area contributed by atoms with E-state index >= 15 is 0 Å². The molecule has 2 aromatic carbocycles. The summed E-state index contributed by atoms with van der Waals surface area (Å²) in [6.07, 6.45) is 2.09. The van der Waals surface area contributed by atoms with E-state index in [1.165, 1.54) is 5.56 Å². The SMILES string of the molecule is Cc1cc(N2CCN(C)CC2)nc2ccc(NC(=O)CCC(=O)N[C@H](C)CCc3ccccc3)cc12. The van der Waals surface area contributed by atoms with Crippen molar-refractivity contribution in [3.8, 4) is 0 Å². The summed E-state index contributed by atoms with van der Waals surface area (Å²) in [6.45, 7) is 8.10. The quantitative estimate of drug-likeness (QED) is 0.474. The maximum Gasteiger partial charge on any atom is 0.224 e. The van der Waals surface area contributed by atoms with E-state index in [-0.39, 0.29) is 30.7 Å². The minimum Gasteiger partial charge on any atom is -0.354 e. The number of carbonyl (C=O) groups excluding carboxylic acids is 2. The minimum atomic E-state index is -0.166. The Kier molecular flexibility index (Phi) is 8.54. The maximum absolute atomic E-state index is 12.5. The molecule has 2 N–H and O–H groups in total. The molecule has 1 aromatic heterocycles. The van der Waals surface area contributed by atoms with Crippen molar-refractivity contribution in [2.45, 2.75) is 45.6 Å². The molecule has 1 saturated heterocycles. The largest absolute Gasteiger partial charge is 0.354 e. The van der Waals surface area contributed by atoms with Crippen molar-refractivity contribution in [3.63, 3.8) is 0 Å². The number of likely N-dealkylation sites (N-methyl/N-ethyl adjacent to an activating group) is 1. The molecule has 36 heavy (non-hydrogen) atoms. The van der Waals surface area contributed by atoms with E-state index < -0.39 is 0 Å². The molecule has 0 unspecified atom stereocenters. The molecular formula is C29H37N5O2. The maximum atomic E-state index is 12.5. The van der Waals surface area contributed by atoms with Gasteiger partial charge in [0.25, 0.3) is 0 Å². The zero-order valence-electron chi connectivity index (χ0n) is 21.6. The molecule has 7 nitrogen and oxygen atoms in total. The highest BCUT2D eigenvalue weighted by Crippen LogP contribution is 2.26. The molecule has 3 aromatic rings. The molecule has 1 atom stereocenters. The molecule has 2 heterocycles. The molecular weight excluding hydrogens is 450 g/mol. The molecule has 4 rings (SSSR count). The van der Waals surface area contributed by atoms with Gasteiger partial charge in [-0.3, -0.25) is 9.59 Å². The van der Waals surface area contributed by atoms with Gasteiger partial charge in [-0.25, -0.2) is 4.98 Å². The van der Waals surface area contributed by atoms with Crippen molar-refractivity contribution in [1.29, 1.82) is 0 Å². The Labute approximate surface area is 213 Å². The Morgan fingerprint density at radius 2 is 1.69 bits per heavy atom. The Hall–Kier alpha value is -3.45. The summed E-state index contributed by atoms with van der Waals surface area (Å²) < 4.78 is 0. The second-order valence-corrected chi connectivity index (χ2v) is 9.86. The van der Waals surface area contributed by atoms with Crippen molar-refractivity contribution in [2.75, 3.05) is 43.4 Å². The Morgan fingerprint density at radius 3 is 2.44 bits per heavy atom. The summed E-state index contributed by atoms with van der Waals surface area (Å²) in [5.41, 5.74) is 4.04. The number of carbonyl (C=O) groups is 2. The first-order valence-electron chi connectivity index (χ1n) is 12.9. The number of fused-ring (bicyclic) bond motifs is 1. The third-order valence-corrected chi connectivity index (χ3v) is 6.81. The molecule has 2 amide bonds. The average Bonchev–Trinajstić information content (AvgIpc) is 2.87. The van der Waals surface area contributed by atoms with Gasteiger partial charge in [-0.1, -0.05) is 30.3 Å². The average molecular weight is 488 g/mol. The van der Waals surface area contributed by atoms with E-state index in [4.69, 9.17) is 4.98 Å². The highest BCUT2D eigenvalue weighted by Gasteiger charge is 2.17. The fourth-order valence-electron chi connectivity index (χ4n) is 4.55. The van der Waals surface area contributed by atoms with Crippen molar-refractivity contribution >= 4 is 34.2 Å². The van der Waals surface area contributed by atoms with Crippen molar-refractivity contribution in [3.05, 3.63) is 65.7 Å².